The lowest BCUT2D eigenvalue weighted by Crippen LogP contribution is -2.30. The van der Waals surface area contributed by atoms with Gasteiger partial charge in [0.15, 0.2) is 0 Å². The Hall–Kier alpha value is -0.530. The van der Waals surface area contributed by atoms with Gasteiger partial charge in [-0.05, 0) is 43.5 Å². The molecule has 0 amide bonds. The van der Waals surface area contributed by atoms with Crippen molar-refractivity contribution in [1.29, 1.82) is 0 Å². The Morgan fingerprint density at radius 2 is 1.83 bits per heavy atom. The summed E-state index contributed by atoms with van der Waals surface area (Å²) in [7, 11) is 2.09. The predicted molar refractivity (Wildman–Crippen MR) is 79.2 cm³/mol. The molecule has 100 valence electrons. The van der Waals surface area contributed by atoms with Crippen LogP contribution in [0.5, 0.6) is 0 Å². The first-order valence-electron chi connectivity index (χ1n) is 7.19. The number of nitrogens with one attached hydrogen (secondary N) is 1. The van der Waals surface area contributed by atoms with E-state index in [1.807, 2.05) is 12.1 Å². The van der Waals surface area contributed by atoms with Crippen LogP contribution in [0.15, 0.2) is 24.3 Å². The molecule has 1 aliphatic rings. The van der Waals surface area contributed by atoms with Crippen LogP contribution < -0.4 is 5.32 Å². The van der Waals surface area contributed by atoms with Crippen LogP contribution in [-0.2, 0) is 6.42 Å². The summed E-state index contributed by atoms with van der Waals surface area (Å²) >= 11 is 5.92. The van der Waals surface area contributed by atoms with Crippen LogP contribution in [0.4, 0.5) is 0 Å². The summed E-state index contributed by atoms with van der Waals surface area (Å²) in [5.74, 6) is 0.934. The molecule has 0 saturated heterocycles. The van der Waals surface area contributed by atoms with Gasteiger partial charge in [0.2, 0.25) is 0 Å². The molecule has 0 heterocycles. The monoisotopic (exact) mass is 265 g/mol. The topological polar surface area (TPSA) is 12.0 Å². The molecule has 0 spiro atoms. The number of likely N-dealkylation sites (N-methyl/N-ethyl adjacent to an activating group) is 1. The number of benzene rings is 1. The molecule has 18 heavy (non-hydrogen) atoms. The van der Waals surface area contributed by atoms with E-state index in [0.29, 0.717) is 6.04 Å². The smallest absolute Gasteiger partial charge is 0.0406 e. The van der Waals surface area contributed by atoms with Crippen molar-refractivity contribution in [2.24, 2.45) is 5.92 Å². The molecule has 0 bridgehead atoms. The van der Waals surface area contributed by atoms with Gasteiger partial charge in [-0.2, -0.15) is 0 Å². The average molecular weight is 266 g/mol. The normalized spacial score (nSPS) is 18.8. The maximum absolute atomic E-state index is 5.92. The lowest BCUT2D eigenvalue weighted by atomic mass is 9.83. The minimum atomic E-state index is 0.606. The summed E-state index contributed by atoms with van der Waals surface area (Å²) in [4.78, 5) is 0. The second-order valence-corrected chi connectivity index (χ2v) is 5.99. The van der Waals surface area contributed by atoms with E-state index in [9.17, 15) is 0 Å². The standard InChI is InChI=1S/C16H24ClN/c1-18-16(11-13-5-3-2-4-6-13)12-14-7-9-15(17)10-8-14/h7-10,13,16,18H,2-6,11-12H2,1H3. The molecule has 1 atom stereocenters. The Balaban J connectivity index is 1.86. The van der Waals surface area contributed by atoms with E-state index in [1.165, 1.54) is 44.1 Å². The van der Waals surface area contributed by atoms with E-state index >= 15 is 0 Å². The number of hydrogen-bond donors (Lipinski definition) is 1. The molecule has 0 radical (unpaired) electrons. The fourth-order valence-corrected chi connectivity index (χ4v) is 3.16. The van der Waals surface area contributed by atoms with Gasteiger partial charge in [0.1, 0.15) is 0 Å². The average Bonchev–Trinajstić information content (AvgIpc) is 2.41. The highest BCUT2D eigenvalue weighted by Gasteiger charge is 2.18. The Labute approximate surface area is 116 Å². The Kier molecular flexibility index (Phi) is 5.52. The van der Waals surface area contributed by atoms with Crippen molar-refractivity contribution < 1.29 is 0 Å². The minimum Gasteiger partial charge on any atom is -0.317 e. The Morgan fingerprint density at radius 1 is 1.17 bits per heavy atom. The van der Waals surface area contributed by atoms with Crippen molar-refractivity contribution in [3.8, 4) is 0 Å². The highest BCUT2D eigenvalue weighted by molar-refractivity contribution is 6.30. The molecule has 1 aromatic carbocycles. The van der Waals surface area contributed by atoms with Gasteiger partial charge in [0.25, 0.3) is 0 Å². The highest BCUT2D eigenvalue weighted by Crippen LogP contribution is 2.28. The summed E-state index contributed by atoms with van der Waals surface area (Å²) in [5.41, 5.74) is 1.38. The molecule has 1 aliphatic carbocycles. The molecule has 1 saturated carbocycles. The molecule has 1 N–H and O–H groups in total. The van der Waals surface area contributed by atoms with Crippen LogP contribution in [0.3, 0.4) is 0 Å². The van der Waals surface area contributed by atoms with Crippen molar-refractivity contribution in [2.75, 3.05) is 7.05 Å². The summed E-state index contributed by atoms with van der Waals surface area (Å²) in [6.45, 7) is 0. The van der Waals surface area contributed by atoms with E-state index in [-0.39, 0.29) is 0 Å². The third-order valence-corrected chi connectivity index (χ3v) is 4.40. The molecule has 0 aliphatic heterocycles. The second kappa shape index (κ2) is 7.16. The fourth-order valence-electron chi connectivity index (χ4n) is 3.03. The quantitative estimate of drug-likeness (QED) is 0.830. The van der Waals surface area contributed by atoms with E-state index < -0.39 is 0 Å². The molecule has 1 unspecified atom stereocenters. The van der Waals surface area contributed by atoms with Gasteiger partial charge in [-0.15, -0.1) is 0 Å². The first-order chi connectivity index (χ1) is 8.78. The maximum atomic E-state index is 5.92. The zero-order chi connectivity index (χ0) is 12.8. The van der Waals surface area contributed by atoms with Gasteiger partial charge in [0, 0.05) is 11.1 Å². The zero-order valence-electron chi connectivity index (χ0n) is 11.3. The molecule has 2 heteroatoms. The van der Waals surface area contributed by atoms with Gasteiger partial charge in [-0.3, -0.25) is 0 Å². The van der Waals surface area contributed by atoms with Crippen LogP contribution in [-0.4, -0.2) is 13.1 Å². The van der Waals surface area contributed by atoms with Crippen LogP contribution in [0.25, 0.3) is 0 Å². The lowest BCUT2D eigenvalue weighted by Gasteiger charge is -2.26. The maximum Gasteiger partial charge on any atom is 0.0406 e. The van der Waals surface area contributed by atoms with Crippen LogP contribution in [0.1, 0.15) is 44.1 Å². The van der Waals surface area contributed by atoms with Gasteiger partial charge < -0.3 is 5.32 Å². The van der Waals surface area contributed by atoms with Crippen LogP contribution in [0.2, 0.25) is 5.02 Å². The van der Waals surface area contributed by atoms with E-state index in [2.05, 4.69) is 24.5 Å². The SMILES string of the molecule is CNC(Cc1ccc(Cl)cc1)CC1CCCCC1. The van der Waals surface area contributed by atoms with Crippen molar-refractivity contribution in [3.05, 3.63) is 34.9 Å². The zero-order valence-corrected chi connectivity index (χ0v) is 12.0. The van der Waals surface area contributed by atoms with Gasteiger partial charge in [-0.1, -0.05) is 55.8 Å². The van der Waals surface area contributed by atoms with Crippen molar-refractivity contribution in [2.45, 2.75) is 51.0 Å². The first-order valence-corrected chi connectivity index (χ1v) is 7.57. The van der Waals surface area contributed by atoms with Crippen LogP contribution >= 0.6 is 11.6 Å². The molecular formula is C16H24ClN. The summed E-state index contributed by atoms with van der Waals surface area (Å²) < 4.78 is 0. The molecule has 1 aromatic rings. The number of halogens is 1. The van der Waals surface area contributed by atoms with Gasteiger partial charge >= 0.3 is 0 Å². The van der Waals surface area contributed by atoms with E-state index in [0.717, 1.165) is 17.4 Å². The third-order valence-electron chi connectivity index (χ3n) is 4.15. The second-order valence-electron chi connectivity index (χ2n) is 5.56. The van der Waals surface area contributed by atoms with Gasteiger partial charge in [0.05, 0.1) is 0 Å². The van der Waals surface area contributed by atoms with E-state index in [1.54, 1.807) is 0 Å². The third kappa shape index (κ3) is 4.29. The molecule has 0 aromatic heterocycles. The fraction of sp³-hybridized carbons (Fsp3) is 0.625. The van der Waals surface area contributed by atoms with E-state index in [4.69, 9.17) is 11.6 Å². The van der Waals surface area contributed by atoms with Crippen molar-refractivity contribution in [3.63, 3.8) is 0 Å². The van der Waals surface area contributed by atoms with Gasteiger partial charge in [-0.25, -0.2) is 0 Å². The highest BCUT2D eigenvalue weighted by atomic mass is 35.5. The Bertz CT molecular complexity index is 341. The minimum absolute atomic E-state index is 0.606. The molecule has 1 nitrogen and oxygen atoms in total. The van der Waals surface area contributed by atoms with Crippen LogP contribution in [0, 0.1) is 5.92 Å². The summed E-state index contributed by atoms with van der Waals surface area (Å²) in [6, 6.07) is 8.88. The number of hydrogen-bond acceptors (Lipinski definition) is 1. The van der Waals surface area contributed by atoms with Crippen molar-refractivity contribution >= 4 is 11.6 Å². The summed E-state index contributed by atoms with van der Waals surface area (Å²) in [6.07, 6.45) is 9.60. The Morgan fingerprint density at radius 3 is 2.44 bits per heavy atom. The molecule has 2 rings (SSSR count). The van der Waals surface area contributed by atoms with Crippen molar-refractivity contribution in [1.82, 2.24) is 5.32 Å². The predicted octanol–water partition coefficient (Wildman–Crippen LogP) is 4.44. The molecular weight excluding hydrogens is 242 g/mol. The first kappa shape index (κ1) is 13.9. The molecule has 1 fully saturated rings. The lowest BCUT2D eigenvalue weighted by molar-refractivity contribution is 0.302. The summed E-state index contributed by atoms with van der Waals surface area (Å²) in [5, 5.41) is 4.31. The largest absolute Gasteiger partial charge is 0.317 e. The number of rotatable bonds is 5.